The first kappa shape index (κ1) is 15.6. The first-order chi connectivity index (χ1) is 9.61. The second kappa shape index (κ2) is 7.31. The highest BCUT2D eigenvalue weighted by molar-refractivity contribution is 9.11. The predicted octanol–water partition coefficient (Wildman–Crippen LogP) is 3.82. The lowest BCUT2D eigenvalue weighted by molar-refractivity contribution is 0.180. The van der Waals surface area contributed by atoms with E-state index in [4.69, 9.17) is 5.73 Å². The summed E-state index contributed by atoms with van der Waals surface area (Å²) in [6.45, 7) is 6.11. The largest absolute Gasteiger partial charge is 0.326 e. The third-order valence-corrected chi connectivity index (χ3v) is 5.01. The van der Waals surface area contributed by atoms with E-state index in [2.05, 4.69) is 63.9 Å². The lowest BCUT2D eigenvalue weighted by Gasteiger charge is -2.32. The maximum atomic E-state index is 6.25. The van der Waals surface area contributed by atoms with E-state index in [0.29, 0.717) is 0 Å². The molecular formula is C15H20BrN3S. The van der Waals surface area contributed by atoms with Crippen LogP contribution >= 0.6 is 27.3 Å². The molecule has 0 aliphatic rings. The zero-order chi connectivity index (χ0) is 14.5. The lowest BCUT2D eigenvalue weighted by Crippen LogP contribution is -2.38. The Morgan fingerprint density at radius 3 is 2.50 bits per heavy atom. The van der Waals surface area contributed by atoms with Crippen molar-refractivity contribution in [3.63, 3.8) is 0 Å². The normalized spacial score (nSPS) is 14.4. The minimum atomic E-state index is 0.0855. The molecular weight excluding hydrogens is 334 g/mol. The van der Waals surface area contributed by atoms with Crippen LogP contribution in [0.4, 0.5) is 0 Å². The minimum Gasteiger partial charge on any atom is -0.326 e. The Labute approximate surface area is 133 Å². The summed E-state index contributed by atoms with van der Waals surface area (Å²) in [5.41, 5.74) is 7.51. The number of pyridine rings is 1. The molecule has 2 heterocycles. The van der Waals surface area contributed by atoms with E-state index in [1.807, 2.05) is 12.4 Å². The van der Waals surface area contributed by atoms with E-state index in [-0.39, 0.29) is 12.1 Å². The van der Waals surface area contributed by atoms with Gasteiger partial charge in [0.2, 0.25) is 0 Å². The minimum absolute atomic E-state index is 0.0855. The van der Waals surface area contributed by atoms with Gasteiger partial charge in [0.15, 0.2) is 0 Å². The Balaban J connectivity index is 2.22. The molecule has 0 aromatic carbocycles. The van der Waals surface area contributed by atoms with Gasteiger partial charge in [-0.15, -0.1) is 11.3 Å². The van der Waals surface area contributed by atoms with Gasteiger partial charge in [0.25, 0.3) is 0 Å². The molecule has 0 radical (unpaired) electrons. The molecule has 0 saturated heterocycles. The van der Waals surface area contributed by atoms with Gasteiger partial charge >= 0.3 is 0 Å². The summed E-state index contributed by atoms with van der Waals surface area (Å²) in [7, 11) is 0. The summed E-state index contributed by atoms with van der Waals surface area (Å²) in [5.74, 6) is 0. The van der Waals surface area contributed by atoms with Gasteiger partial charge in [-0.05, 0) is 59.2 Å². The number of rotatable bonds is 6. The van der Waals surface area contributed by atoms with Crippen molar-refractivity contribution >= 4 is 27.3 Å². The Morgan fingerprint density at radius 2 is 2.00 bits per heavy atom. The lowest BCUT2D eigenvalue weighted by atomic mass is 10.1. The van der Waals surface area contributed by atoms with Crippen LogP contribution in [0.1, 0.15) is 30.3 Å². The van der Waals surface area contributed by atoms with E-state index < -0.39 is 0 Å². The molecule has 0 fully saturated rings. The zero-order valence-electron chi connectivity index (χ0n) is 11.8. The maximum absolute atomic E-state index is 6.25. The fourth-order valence-corrected chi connectivity index (χ4v) is 4.06. The molecule has 0 spiro atoms. The summed E-state index contributed by atoms with van der Waals surface area (Å²) in [4.78, 5) is 7.80. The summed E-state index contributed by atoms with van der Waals surface area (Å²) in [6, 6.07) is 8.70. The quantitative estimate of drug-likeness (QED) is 0.858. The molecule has 0 aliphatic heterocycles. The van der Waals surface area contributed by atoms with Gasteiger partial charge in [-0.3, -0.25) is 9.88 Å². The zero-order valence-corrected chi connectivity index (χ0v) is 14.2. The van der Waals surface area contributed by atoms with Crippen LogP contribution in [0.15, 0.2) is 40.4 Å². The molecule has 2 N–H and O–H groups in total. The number of hydrogen-bond donors (Lipinski definition) is 1. The smallest absolute Gasteiger partial charge is 0.0702 e. The summed E-state index contributed by atoms with van der Waals surface area (Å²) >= 11 is 5.30. The average molecular weight is 354 g/mol. The molecule has 2 aromatic rings. The number of nitrogens with two attached hydrogens (primary N) is 1. The molecule has 0 aliphatic carbocycles. The van der Waals surface area contributed by atoms with Gasteiger partial charge in [-0.25, -0.2) is 0 Å². The molecule has 2 atom stereocenters. The molecule has 0 saturated carbocycles. The van der Waals surface area contributed by atoms with Crippen LogP contribution in [0.2, 0.25) is 0 Å². The van der Waals surface area contributed by atoms with Crippen molar-refractivity contribution in [1.82, 2.24) is 9.88 Å². The van der Waals surface area contributed by atoms with Crippen LogP contribution in [-0.2, 0) is 6.54 Å². The fraction of sp³-hybridized carbons (Fsp3) is 0.400. The van der Waals surface area contributed by atoms with Gasteiger partial charge in [-0.2, -0.15) is 0 Å². The first-order valence-electron chi connectivity index (χ1n) is 6.75. The predicted molar refractivity (Wildman–Crippen MR) is 88.7 cm³/mol. The van der Waals surface area contributed by atoms with E-state index in [0.717, 1.165) is 16.9 Å². The molecule has 5 heteroatoms. The van der Waals surface area contributed by atoms with E-state index in [9.17, 15) is 0 Å². The number of thiophene rings is 1. The molecule has 20 heavy (non-hydrogen) atoms. The Hall–Kier alpha value is -0.750. The fourth-order valence-electron chi connectivity index (χ4n) is 2.39. The third-order valence-electron chi connectivity index (χ3n) is 3.32. The highest BCUT2D eigenvalue weighted by Gasteiger charge is 2.24. The molecule has 108 valence electrons. The Kier molecular flexibility index (Phi) is 5.72. The van der Waals surface area contributed by atoms with Crippen molar-refractivity contribution in [1.29, 1.82) is 0 Å². The summed E-state index contributed by atoms with van der Waals surface area (Å²) in [5, 5.41) is 0. The molecule has 2 aromatic heterocycles. The number of aromatic nitrogens is 1. The van der Waals surface area contributed by atoms with E-state index in [1.165, 1.54) is 10.4 Å². The highest BCUT2D eigenvalue weighted by atomic mass is 79.9. The Bertz CT molecular complexity index is 527. The highest BCUT2D eigenvalue weighted by Crippen LogP contribution is 2.33. The first-order valence-corrected chi connectivity index (χ1v) is 8.36. The van der Waals surface area contributed by atoms with Crippen LogP contribution in [0.3, 0.4) is 0 Å². The van der Waals surface area contributed by atoms with Crippen LogP contribution in [0, 0.1) is 0 Å². The van der Waals surface area contributed by atoms with Crippen molar-refractivity contribution in [2.75, 3.05) is 6.54 Å². The monoisotopic (exact) mass is 353 g/mol. The van der Waals surface area contributed by atoms with Gasteiger partial charge < -0.3 is 5.73 Å². The molecule has 2 rings (SSSR count). The Morgan fingerprint density at radius 1 is 1.30 bits per heavy atom. The van der Waals surface area contributed by atoms with Crippen molar-refractivity contribution in [2.45, 2.75) is 32.5 Å². The second-order valence-corrected chi connectivity index (χ2v) is 7.36. The summed E-state index contributed by atoms with van der Waals surface area (Å²) < 4.78 is 1.15. The number of hydrogen-bond acceptors (Lipinski definition) is 4. The third kappa shape index (κ3) is 3.88. The van der Waals surface area contributed by atoms with Crippen molar-refractivity contribution in [3.8, 4) is 0 Å². The van der Waals surface area contributed by atoms with Gasteiger partial charge in [0.1, 0.15) is 0 Å². The standard InChI is InChI=1S/C15H20BrN3S/c1-3-19(10-12-6-8-18-9-7-12)15(11(2)17)13-4-5-14(16)20-13/h4-9,11,15H,3,10,17H2,1-2H3. The van der Waals surface area contributed by atoms with Gasteiger partial charge in [-0.1, -0.05) is 6.92 Å². The van der Waals surface area contributed by atoms with Crippen LogP contribution in [-0.4, -0.2) is 22.5 Å². The molecule has 3 nitrogen and oxygen atoms in total. The molecule has 0 amide bonds. The SMILES string of the molecule is CCN(Cc1ccncc1)C(c1ccc(Br)s1)C(C)N. The van der Waals surface area contributed by atoms with Gasteiger partial charge in [0.05, 0.1) is 9.83 Å². The molecule has 0 bridgehead atoms. The molecule has 2 unspecified atom stereocenters. The van der Waals surface area contributed by atoms with Crippen molar-refractivity contribution < 1.29 is 0 Å². The summed E-state index contributed by atoms with van der Waals surface area (Å²) in [6.07, 6.45) is 3.68. The van der Waals surface area contributed by atoms with Crippen LogP contribution < -0.4 is 5.73 Å². The number of halogens is 1. The van der Waals surface area contributed by atoms with E-state index in [1.54, 1.807) is 11.3 Å². The van der Waals surface area contributed by atoms with Crippen LogP contribution in [0.5, 0.6) is 0 Å². The van der Waals surface area contributed by atoms with Crippen LogP contribution in [0.25, 0.3) is 0 Å². The topological polar surface area (TPSA) is 42.2 Å². The average Bonchev–Trinajstić information content (AvgIpc) is 2.85. The number of nitrogens with zero attached hydrogens (tertiary/aromatic N) is 2. The van der Waals surface area contributed by atoms with Gasteiger partial charge in [0, 0.05) is 29.9 Å². The van der Waals surface area contributed by atoms with E-state index >= 15 is 0 Å². The maximum Gasteiger partial charge on any atom is 0.0702 e. The van der Waals surface area contributed by atoms with Crippen molar-refractivity contribution in [2.24, 2.45) is 5.73 Å². The second-order valence-electron chi connectivity index (χ2n) is 4.86. The number of likely N-dealkylation sites (N-methyl/N-ethyl adjacent to an activating group) is 1. The van der Waals surface area contributed by atoms with Crippen molar-refractivity contribution in [3.05, 3.63) is 50.9 Å².